The molecule has 1 amide bonds. The van der Waals surface area contributed by atoms with Crippen LogP contribution in [0.25, 0.3) is 0 Å². The number of benzene rings is 2. The number of carbonyl (C=O) groups is 1. The Hall–Kier alpha value is -2.98. The Morgan fingerprint density at radius 3 is 2.48 bits per heavy atom. The van der Waals surface area contributed by atoms with Crippen LogP contribution in [-0.4, -0.2) is 49.2 Å². The number of nitrogens with one attached hydrogen (secondary N) is 1. The van der Waals surface area contributed by atoms with Gasteiger partial charge in [0.1, 0.15) is 5.69 Å². The summed E-state index contributed by atoms with van der Waals surface area (Å²) in [7, 11) is -3.55. The van der Waals surface area contributed by atoms with E-state index in [2.05, 4.69) is 5.32 Å². The van der Waals surface area contributed by atoms with Gasteiger partial charge in [0, 0.05) is 43.0 Å². The maximum atomic E-state index is 13.2. The summed E-state index contributed by atoms with van der Waals surface area (Å²) in [5.74, 6) is -0.332. The molecule has 3 aliphatic rings. The van der Waals surface area contributed by atoms with E-state index in [0.717, 1.165) is 37.7 Å². The molecule has 5 rings (SSSR count). The number of anilines is 2. The molecule has 2 aromatic rings. The van der Waals surface area contributed by atoms with Crippen LogP contribution in [-0.2, 0) is 16.4 Å². The first-order valence-electron chi connectivity index (χ1n) is 11.3. The molecule has 0 atom stereocenters. The Bertz CT molecular complexity index is 1220. The van der Waals surface area contributed by atoms with Gasteiger partial charge < -0.3 is 10.2 Å². The number of amides is 1. The Kier molecular flexibility index (Phi) is 5.57. The molecule has 9 nitrogen and oxygen atoms in total. The topological polar surface area (TPSA) is 113 Å². The van der Waals surface area contributed by atoms with E-state index in [9.17, 15) is 23.3 Å². The van der Waals surface area contributed by atoms with E-state index >= 15 is 0 Å². The van der Waals surface area contributed by atoms with Crippen molar-refractivity contribution in [3.05, 3.63) is 57.6 Å². The Balaban J connectivity index is 1.40. The van der Waals surface area contributed by atoms with Crippen LogP contribution in [0.3, 0.4) is 0 Å². The third-order valence-corrected chi connectivity index (χ3v) is 8.42. The molecule has 33 heavy (non-hydrogen) atoms. The van der Waals surface area contributed by atoms with Gasteiger partial charge >= 0.3 is 0 Å². The Morgan fingerprint density at radius 2 is 1.79 bits per heavy atom. The van der Waals surface area contributed by atoms with Crippen molar-refractivity contribution < 1.29 is 18.1 Å². The number of hydrogen-bond donors (Lipinski definition) is 1. The molecule has 174 valence electrons. The summed E-state index contributed by atoms with van der Waals surface area (Å²) in [5, 5.41) is 14.7. The summed E-state index contributed by atoms with van der Waals surface area (Å²) in [5.41, 5.74) is 1.99. The molecule has 2 fully saturated rings. The lowest BCUT2D eigenvalue weighted by Gasteiger charge is -2.26. The van der Waals surface area contributed by atoms with Gasteiger partial charge in [-0.05, 0) is 68.0 Å². The minimum atomic E-state index is -3.55. The second-order valence-corrected chi connectivity index (χ2v) is 10.8. The number of fused-ring (bicyclic) bond motifs is 1. The molecule has 0 radical (unpaired) electrons. The fourth-order valence-electron chi connectivity index (χ4n) is 4.55. The van der Waals surface area contributed by atoms with E-state index in [4.69, 9.17) is 0 Å². The second-order valence-electron chi connectivity index (χ2n) is 8.87. The molecule has 0 bridgehead atoms. The average Bonchev–Trinajstić information content (AvgIpc) is 3.54. The summed E-state index contributed by atoms with van der Waals surface area (Å²) >= 11 is 0. The van der Waals surface area contributed by atoms with Gasteiger partial charge in [0.05, 0.1) is 9.82 Å². The first-order valence-corrected chi connectivity index (χ1v) is 12.8. The van der Waals surface area contributed by atoms with E-state index in [0.29, 0.717) is 37.4 Å². The summed E-state index contributed by atoms with van der Waals surface area (Å²) in [6.07, 6.45) is 5.29. The highest BCUT2D eigenvalue weighted by molar-refractivity contribution is 7.89. The van der Waals surface area contributed by atoms with Gasteiger partial charge in [-0.15, -0.1) is 0 Å². The number of sulfonamides is 1. The minimum absolute atomic E-state index is 0.116. The van der Waals surface area contributed by atoms with E-state index in [1.165, 1.54) is 10.4 Å². The van der Waals surface area contributed by atoms with Gasteiger partial charge in [0.2, 0.25) is 10.0 Å². The molecule has 2 heterocycles. The highest BCUT2D eigenvalue weighted by Crippen LogP contribution is 2.35. The number of nitrogens with zero attached hydrogens (tertiary/aromatic N) is 3. The van der Waals surface area contributed by atoms with Crippen LogP contribution in [0.1, 0.15) is 48.0 Å². The summed E-state index contributed by atoms with van der Waals surface area (Å²) in [6, 6.07) is 9.67. The van der Waals surface area contributed by atoms with Crippen molar-refractivity contribution in [3.8, 4) is 0 Å². The van der Waals surface area contributed by atoms with Crippen LogP contribution in [0.5, 0.6) is 0 Å². The van der Waals surface area contributed by atoms with E-state index in [1.807, 2.05) is 0 Å². The zero-order valence-corrected chi connectivity index (χ0v) is 19.0. The third-order valence-electron chi connectivity index (χ3n) is 6.52. The first kappa shape index (κ1) is 21.8. The van der Waals surface area contributed by atoms with Crippen molar-refractivity contribution in [1.29, 1.82) is 0 Å². The van der Waals surface area contributed by atoms with Gasteiger partial charge in [-0.2, -0.15) is 4.31 Å². The fraction of sp³-hybridized carbons (Fsp3) is 0.435. The number of piperidine rings is 1. The van der Waals surface area contributed by atoms with Crippen LogP contribution in [0.2, 0.25) is 0 Å². The zero-order valence-electron chi connectivity index (χ0n) is 18.2. The molecule has 2 aromatic carbocycles. The lowest BCUT2D eigenvalue weighted by Crippen LogP contribution is -2.35. The van der Waals surface area contributed by atoms with Crippen molar-refractivity contribution >= 4 is 33.0 Å². The summed E-state index contributed by atoms with van der Waals surface area (Å²) < 4.78 is 27.6. The summed E-state index contributed by atoms with van der Waals surface area (Å²) in [4.78, 5) is 26.1. The second kappa shape index (κ2) is 8.42. The number of nitro groups is 1. The molecule has 10 heteroatoms. The molecule has 0 unspecified atom stereocenters. The standard InChI is InChI=1S/C23H26N4O5S/c28-23(17-4-8-20(24-18-5-6-18)22(15-17)27(29)30)26-13-10-16-14-19(7-9-21(16)26)33(31,32)25-11-2-1-3-12-25/h4,7-9,14-15,18,24H,1-3,5-6,10-13H2. The van der Waals surface area contributed by atoms with Gasteiger partial charge in [-0.25, -0.2) is 8.42 Å². The van der Waals surface area contributed by atoms with Crippen LogP contribution in [0.4, 0.5) is 17.1 Å². The number of nitro benzene ring substituents is 1. The van der Waals surface area contributed by atoms with Crippen molar-refractivity contribution in [1.82, 2.24) is 4.31 Å². The normalized spacial score (nSPS) is 18.7. The maximum Gasteiger partial charge on any atom is 0.293 e. The molecule has 0 aromatic heterocycles. The van der Waals surface area contributed by atoms with Crippen LogP contribution in [0.15, 0.2) is 41.3 Å². The van der Waals surface area contributed by atoms with Gasteiger partial charge in [-0.1, -0.05) is 6.42 Å². The smallest absolute Gasteiger partial charge is 0.293 e. The molecule has 1 saturated heterocycles. The van der Waals surface area contributed by atoms with Gasteiger partial charge in [-0.3, -0.25) is 14.9 Å². The molecule has 2 aliphatic heterocycles. The minimum Gasteiger partial charge on any atom is -0.377 e. The van der Waals surface area contributed by atoms with Crippen molar-refractivity contribution in [2.45, 2.75) is 49.5 Å². The number of rotatable bonds is 6. The van der Waals surface area contributed by atoms with Crippen LogP contribution < -0.4 is 10.2 Å². The maximum absolute atomic E-state index is 13.2. The summed E-state index contributed by atoms with van der Waals surface area (Å²) in [6.45, 7) is 1.47. The van der Waals surface area contributed by atoms with Gasteiger partial charge in [0.25, 0.3) is 11.6 Å². The first-order chi connectivity index (χ1) is 15.8. The molecule has 0 spiro atoms. The van der Waals surface area contributed by atoms with Crippen molar-refractivity contribution in [2.75, 3.05) is 29.9 Å². The molecular weight excluding hydrogens is 444 g/mol. The largest absolute Gasteiger partial charge is 0.377 e. The molecule has 1 saturated carbocycles. The number of carbonyl (C=O) groups excluding carboxylic acids is 1. The molecule has 1 aliphatic carbocycles. The van der Waals surface area contributed by atoms with E-state index in [-0.39, 0.29) is 28.1 Å². The zero-order chi connectivity index (χ0) is 23.2. The lowest BCUT2D eigenvalue weighted by atomic mass is 10.1. The predicted molar refractivity (Wildman–Crippen MR) is 124 cm³/mol. The van der Waals surface area contributed by atoms with E-state index in [1.54, 1.807) is 35.2 Å². The van der Waals surface area contributed by atoms with Crippen molar-refractivity contribution in [2.24, 2.45) is 0 Å². The van der Waals surface area contributed by atoms with E-state index < -0.39 is 14.9 Å². The monoisotopic (exact) mass is 470 g/mol. The highest BCUT2D eigenvalue weighted by atomic mass is 32.2. The predicted octanol–water partition coefficient (Wildman–Crippen LogP) is 3.55. The Morgan fingerprint density at radius 1 is 1.03 bits per heavy atom. The van der Waals surface area contributed by atoms with Crippen LogP contribution >= 0.6 is 0 Å². The Labute approximate surface area is 192 Å². The average molecular weight is 471 g/mol. The van der Waals surface area contributed by atoms with Gasteiger partial charge in [0.15, 0.2) is 0 Å². The fourth-order valence-corrected chi connectivity index (χ4v) is 6.11. The highest BCUT2D eigenvalue weighted by Gasteiger charge is 2.31. The quantitative estimate of drug-likeness (QED) is 0.510. The van der Waals surface area contributed by atoms with Crippen molar-refractivity contribution in [3.63, 3.8) is 0 Å². The SMILES string of the molecule is O=C(c1ccc(NC2CC2)c([N+](=O)[O-])c1)N1CCc2cc(S(=O)(=O)N3CCCCC3)ccc21. The third kappa shape index (κ3) is 4.20. The lowest BCUT2D eigenvalue weighted by molar-refractivity contribution is -0.384. The number of hydrogen-bond acceptors (Lipinski definition) is 6. The molecule has 1 N–H and O–H groups in total. The van der Waals surface area contributed by atoms with Crippen LogP contribution in [0, 0.1) is 10.1 Å². The molecular formula is C23H26N4O5S.